The third-order valence-corrected chi connectivity index (χ3v) is 8.01. The van der Waals surface area contributed by atoms with Gasteiger partial charge in [-0.15, -0.1) is 11.3 Å². The molecule has 1 fully saturated rings. The Morgan fingerprint density at radius 2 is 1.94 bits per heavy atom. The van der Waals surface area contributed by atoms with Crippen LogP contribution >= 0.6 is 11.3 Å². The summed E-state index contributed by atoms with van der Waals surface area (Å²) in [5.74, 6) is 0.308. The summed E-state index contributed by atoms with van der Waals surface area (Å²) in [4.78, 5) is 19.1. The first-order valence-corrected chi connectivity index (χ1v) is 13.1. The molecule has 0 radical (unpaired) electrons. The van der Waals surface area contributed by atoms with Crippen LogP contribution in [0.2, 0.25) is 0 Å². The van der Waals surface area contributed by atoms with E-state index >= 15 is 0 Å². The van der Waals surface area contributed by atoms with Crippen molar-refractivity contribution in [3.63, 3.8) is 0 Å². The Hall–Kier alpha value is -2.82. The van der Waals surface area contributed by atoms with E-state index in [1.807, 2.05) is 29.2 Å². The fraction of sp³-hybridized carbons (Fsp3) is 0.304. The molecule has 0 bridgehead atoms. The van der Waals surface area contributed by atoms with E-state index in [4.69, 9.17) is 4.74 Å². The minimum atomic E-state index is -3.10. The van der Waals surface area contributed by atoms with Crippen molar-refractivity contribution in [3.8, 4) is 17.0 Å². The molecule has 2 heterocycles. The van der Waals surface area contributed by atoms with Crippen LogP contribution in [-0.4, -0.2) is 55.4 Å². The predicted octanol–water partition coefficient (Wildman–Crippen LogP) is 3.59. The van der Waals surface area contributed by atoms with E-state index in [0.29, 0.717) is 23.8 Å². The molecule has 1 amide bonds. The summed E-state index contributed by atoms with van der Waals surface area (Å²) < 4.78 is 42.4. The van der Waals surface area contributed by atoms with E-state index in [0.717, 1.165) is 16.9 Å². The van der Waals surface area contributed by atoms with E-state index in [1.54, 1.807) is 24.6 Å². The smallest absolute Gasteiger partial charge is 0.240 e. The van der Waals surface area contributed by atoms with Crippen molar-refractivity contribution in [2.75, 3.05) is 30.5 Å². The molecule has 1 aliphatic heterocycles. The Morgan fingerprint density at radius 1 is 1.21 bits per heavy atom. The number of halogens is 1. The van der Waals surface area contributed by atoms with E-state index < -0.39 is 9.84 Å². The first-order chi connectivity index (χ1) is 15.8. The van der Waals surface area contributed by atoms with Crippen molar-refractivity contribution >= 4 is 32.2 Å². The normalized spacial score (nSPS) is 17.2. The Balaban J connectivity index is 1.44. The zero-order valence-electron chi connectivity index (χ0n) is 18.0. The van der Waals surface area contributed by atoms with Crippen LogP contribution in [0.25, 0.3) is 11.3 Å². The highest BCUT2D eigenvalue weighted by Gasteiger charge is 2.33. The molecule has 1 saturated heterocycles. The minimum Gasteiger partial charge on any atom is -0.497 e. The number of aromatic nitrogens is 1. The molecular weight excluding hydrogens is 465 g/mol. The number of anilines is 1. The number of sulfone groups is 1. The number of benzene rings is 2. The number of nitrogens with zero attached hydrogens (tertiary/aromatic N) is 2. The number of hydrogen-bond acceptors (Lipinski definition) is 7. The molecule has 10 heteroatoms. The van der Waals surface area contributed by atoms with Gasteiger partial charge in [-0.1, -0.05) is 12.1 Å². The van der Waals surface area contributed by atoms with Gasteiger partial charge in [0.15, 0.2) is 15.0 Å². The maximum atomic E-state index is 13.1. The summed E-state index contributed by atoms with van der Waals surface area (Å²) in [5, 5.41) is 5.03. The number of carbonyl (C=O) groups excluding carboxylic acids is 1. The number of amides is 1. The molecule has 1 aromatic heterocycles. The lowest BCUT2D eigenvalue weighted by atomic mass is 10.1. The third-order valence-electron chi connectivity index (χ3n) is 5.51. The maximum Gasteiger partial charge on any atom is 0.240 e. The highest BCUT2D eigenvalue weighted by molar-refractivity contribution is 7.91. The Kier molecular flexibility index (Phi) is 7.06. The molecule has 1 aliphatic rings. The highest BCUT2D eigenvalue weighted by Crippen LogP contribution is 2.26. The van der Waals surface area contributed by atoms with Gasteiger partial charge in [0.1, 0.15) is 11.6 Å². The van der Waals surface area contributed by atoms with Crippen LogP contribution in [0.4, 0.5) is 9.52 Å². The van der Waals surface area contributed by atoms with Crippen LogP contribution < -0.4 is 10.1 Å². The standard InChI is InChI=1S/C23H24FN3O4S2/c1-31-20-8-2-16(3-9-20)12-27(19-10-11-33(29,30)15-19)13-22(28)26-23-25-21(14-32-23)17-4-6-18(24)7-5-17/h2-9,14,19H,10-13,15H2,1H3,(H,25,26,28). The predicted molar refractivity (Wildman–Crippen MR) is 127 cm³/mol. The van der Waals surface area contributed by atoms with Crippen LogP contribution in [0.3, 0.4) is 0 Å². The maximum absolute atomic E-state index is 13.1. The van der Waals surface area contributed by atoms with Gasteiger partial charge in [0, 0.05) is 23.5 Å². The van der Waals surface area contributed by atoms with Crippen molar-refractivity contribution in [1.29, 1.82) is 0 Å². The Labute approximate surface area is 196 Å². The molecule has 3 aromatic rings. The second kappa shape index (κ2) is 9.98. The van der Waals surface area contributed by atoms with Gasteiger partial charge in [-0.2, -0.15) is 0 Å². The Bertz CT molecular complexity index is 1210. The van der Waals surface area contributed by atoms with Gasteiger partial charge in [0.2, 0.25) is 5.91 Å². The van der Waals surface area contributed by atoms with Crippen molar-refractivity contribution in [2.24, 2.45) is 0 Å². The first-order valence-electron chi connectivity index (χ1n) is 10.4. The number of nitrogens with one attached hydrogen (secondary N) is 1. The fourth-order valence-corrected chi connectivity index (χ4v) is 6.27. The van der Waals surface area contributed by atoms with Gasteiger partial charge in [-0.05, 0) is 48.4 Å². The molecule has 1 atom stereocenters. The second-order valence-corrected chi connectivity index (χ2v) is 11.0. The Morgan fingerprint density at radius 3 is 2.58 bits per heavy atom. The number of ether oxygens (including phenoxy) is 1. The molecule has 7 nitrogen and oxygen atoms in total. The van der Waals surface area contributed by atoms with Crippen molar-refractivity contribution < 1.29 is 22.3 Å². The SMILES string of the molecule is COc1ccc(CN(CC(=O)Nc2nc(-c3ccc(F)cc3)cs2)C2CCS(=O)(=O)C2)cc1. The molecule has 174 valence electrons. The molecule has 1 N–H and O–H groups in total. The van der Waals surface area contributed by atoms with Gasteiger partial charge in [0.05, 0.1) is 30.9 Å². The largest absolute Gasteiger partial charge is 0.497 e. The van der Waals surface area contributed by atoms with Gasteiger partial charge in [-0.25, -0.2) is 17.8 Å². The monoisotopic (exact) mass is 489 g/mol. The van der Waals surface area contributed by atoms with Crippen LogP contribution in [0.15, 0.2) is 53.9 Å². The fourth-order valence-electron chi connectivity index (χ4n) is 3.77. The van der Waals surface area contributed by atoms with Crippen molar-refractivity contribution in [2.45, 2.75) is 19.0 Å². The molecule has 1 unspecified atom stereocenters. The van der Waals surface area contributed by atoms with Gasteiger partial charge < -0.3 is 10.1 Å². The molecule has 33 heavy (non-hydrogen) atoms. The summed E-state index contributed by atoms with van der Waals surface area (Å²) in [6.07, 6.45) is 0.498. The lowest BCUT2D eigenvalue weighted by molar-refractivity contribution is -0.117. The van der Waals surface area contributed by atoms with E-state index in [2.05, 4.69) is 10.3 Å². The number of rotatable bonds is 8. The zero-order chi connectivity index (χ0) is 23.4. The lowest BCUT2D eigenvalue weighted by Gasteiger charge is -2.27. The van der Waals surface area contributed by atoms with Crippen LogP contribution in [-0.2, 0) is 21.2 Å². The highest BCUT2D eigenvalue weighted by atomic mass is 32.2. The second-order valence-electron chi connectivity index (χ2n) is 7.90. The van der Waals surface area contributed by atoms with E-state index in [1.165, 1.54) is 23.5 Å². The molecule has 4 rings (SSSR count). The summed E-state index contributed by atoms with van der Waals surface area (Å²) >= 11 is 1.28. The van der Waals surface area contributed by atoms with Gasteiger partial charge in [-0.3, -0.25) is 9.69 Å². The average molecular weight is 490 g/mol. The van der Waals surface area contributed by atoms with Gasteiger partial charge in [0.25, 0.3) is 0 Å². The molecule has 0 aliphatic carbocycles. The summed E-state index contributed by atoms with van der Waals surface area (Å²) in [7, 11) is -1.51. The van der Waals surface area contributed by atoms with E-state index in [9.17, 15) is 17.6 Å². The summed E-state index contributed by atoms with van der Waals surface area (Å²) in [6.45, 7) is 0.480. The minimum absolute atomic E-state index is 0.0394. The van der Waals surface area contributed by atoms with Crippen molar-refractivity contribution in [3.05, 3.63) is 65.3 Å². The van der Waals surface area contributed by atoms with Gasteiger partial charge >= 0.3 is 0 Å². The molecule has 2 aromatic carbocycles. The van der Waals surface area contributed by atoms with Crippen LogP contribution in [0, 0.1) is 5.82 Å². The zero-order valence-corrected chi connectivity index (χ0v) is 19.7. The van der Waals surface area contributed by atoms with Crippen LogP contribution in [0.5, 0.6) is 5.75 Å². The molecule has 0 saturated carbocycles. The number of hydrogen-bond donors (Lipinski definition) is 1. The third kappa shape index (κ3) is 6.16. The quantitative estimate of drug-likeness (QED) is 0.520. The first kappa shape index (κ1) is 23.3. The number of methoxy groups -OCH3 is 1. The summed E-state index contributed by atoms with van der Waals surface area (Å²) in [5.41, 5.74) is 2.36. The van der Waals surface area contributed by atoms with E-state index in [-0.39, 0.29) is 35.8 Å². The summed E-state index contributed by atoms with van der Waals surface area (Å²) in [6, 6.07) is 13.2. The number of thiazole rings is 1. The average Bonchev–Trinajstić information content (AvgIpc) is 3.40. The van der Waals surface area contributed by atoms with Crippen molar-refractivity contribution in [1.82, 2.24) is 9.88 Å². The molecule has 0 spiro atoms. The topological polar surface area (TPSA) is 88.6 Å². The molecular formula is C23H24FN3O4S2. The lowest BCUT2D eigenvalue weighted by Crippen LogP contribution is -2.41. The van der Waals surface area contributed by atoms with Crippen LogP contribution in [0.1, 0.15) is 12.0 Å². The number of carbonyl (C=O) groups is 1.